The van der Waals surface area contributed by atoms with E-state index in [1.54, 1.807) is 30.3 Å². The molecule has 0 saturated heterocycles. The molecule has 0 heterocycles. The van der Waals surface area contributed by atoms with Crippen molar-refractivity contribution in [3.8, 4) is 5.75 Å². The van der Waals surface area contributed by atoms with E-state index in [1.807, 2.05) is 13.0 Å². The lowest BCUT2D eigenvalue weighted by atomic mass is 10.1. The van der Waals surface area contributed by atoms with Crippen LogP contribution in [0.1, 0.15) is 15.9 Å². The zero-order valence-electron chi connectivity index (χ0n) is 15.8. The number of carbonyl (C=O) groups is 1. The molecule has 0 radical (unpaired) electrons. The molecule has 0 fully saturated rings. The molecule has 29 heavy (non-hydrogen) atoms. The lowest BCUT2D eigenvalue weighted by molar-refractivity contribution is 0.102. The minimum atomic E-state index is -3.78. The Balaban J connectivity index is 1.81. The lowest BCUT2D eigenvalue weighted by Gasteiger charge is -2.13. The summed E-state index contributed by atoms with van der Waals surface area (Å²) in [6, 6.07) is 17.7. The molecule has 0 spiro atoms. The molecular formula is C21H19ClN2O4S. The second-order valence-electron chi connectivity index (χ2n) is 6.27. The van der Waals surface area contributed by atoms with Gasteiger partial charge in [0.2, 0.25) is 0 Å². The van der Waals surface area contributed by atoms with Crippen LogP contribution in [0.2, 0.25) is 5.02 Å². The van der Waals surface area contributed by atoms with Gasteiger partial charge in [0.05, 0.1) is 28.4 Å². The van der Waals surface area contributed by atoms with Gasteiger partial charge in [-0.1, -0.05) is 35.9 Å². The van der Waals surface area contributed by atoms with Gasteiger partial charge >= 0.3 is 0 Å². The molecule has 3 rings (SSSR count). The number of carbonyl (C=O) groups excluding carboxylic acids is 1. The van der Waals surface area contributed by atoms with E-state index in [0.29, 0.717) is 11.4 Å². The number of hydrogen-bond donors (Lipinski definition) is 2. The van der Waals surface area contributed by atoms with Crippen LogP contribution in [-0.2, 0) is 10.0 Å². The highest BCUT2D eigenvalue weighted by Crippen LogP contribution is 2.28. The van der Waals surface area contributed by atoms with Crippen LogP contribution in [0.3, 0.4) is 0 Å². The molecule has 1 amide bonds. The monoisotopic (exact) mass is 430 g/mol. The zero-order chi connectivity index (χ0) is 21.0. The van der Waals surface area contributed by atoms with Crippen molar-refractivity contribution in [1.82, 2.24) is 0 Å². The fourth-order valence-electron chi connectivity index (χ4n) is 2.66. The molecule has 0 aliphatic heterocycles. The van der Waals surface area contributed by atoms with Crippen LogP contribution in [0.15, 0.2) is 71.6 Å². The Morgan fingerprint density at radius 2 is 1.69 bits per heavy atom. The van der Waals surface area contributed by atoms with E-state index in [0.717, 1.165) is 5.56 Å². The van der Waals surface area contributed by atoms with Gasteiger partial charge in [0, 0.05) is 5.56 Å². The van der Waals surface area contributed by atoms with Crippen molar-refractivity contribution < 1.29 is 17.9 Å². The van der Waals surface area contributed by atoms with Crippen LogP contribution >= 0.6 is 11.6 Å². The van der Waals surface area contributed by atoms with Crippen molar-refractivity contribution in [2.75, 3.05) is 17.1 Å². The first-order valence-corrected chi connectivity index (χ1v) is 10.5. The summed E-state index contributed by atoms with van der Waals surface area (Å²) >= 11 is 6.22. The Morgan fingerprint density at radius 1 is 0.966 bits per heavy atom. The second-order valence-corrected chi connectivity index (χ2v) is 8.36. The molecule has 8 heteroatoms. The van der Waals surface area contributed by atoms with Gasteiger partial charge in [0.15, 0.2) is 0 Å². The van der Waals surface area contributed by atoms with E-state index < -0.39 is 15.9 Å². The van der Waals surface area contributed by atoms with Crippen LogP contribution in [0.5, 0.6) is 5.75 Å². The second kappa shape index (κ2) is 8.55. The topological polar surface area (TPSA) is 84.5 Å². The van der Waals surface area contributed by atoms with Gasteiger partial charge in [0.1, 0.15) is 5.75 Å². The summed E-state index contributed by atoms with van der Waals surface area (Å²) in [5, 5.41) is 2.88. The third-order valence-corrected chi connectivity index (χ3v) is 5.83. The quantitative estimate of drug-likeness (QED) is 0.593. The van der Waals surface area contributed by atoms with E-state index in [4.69, 9.17) is 16.3 Å². The molecular weight excluding hydrogens is 412 g/mol. The zero-order valence-corrected chi connectivity index (χ0v) is 17.3. The van der Waals surface area contributed by atoms with Crippen LogP contribution in [-0.4, -0.2) is 21.4 Å². The molecule has 3 aromatic carbocycles. The van der Waals surface area contributed by atoms with Crippen molar-refractivity contribution in [3.63, 3.8) is 0 Å². The number of sulfonamides is 1. The molecule has 2 N–H and O–H groups in total. The average molecular weight is 431 g/mol. The van der Waals surface area contributed by atoms with Gasteiger partial charge < -0.3 is 10.1 Å². The maximum Gasteiger partial charge on any atom is 0.261 e. The Labute approximate surface area is 174 Å². The highest BCUT2D eigenvalue weighted by molar-refractivity contribution is 7.92. The molecule has 0 aromatic heterocycles. The van der Waals surface area contributed by atoms with Gasteiger partial charge in [0.25, 0.3) is 15.9 Å². The van der Waals surface area contributed by atoms with Crippen LogP contribution < -0.4 is 14.8 Å². The van der Waals surface area contributed by atoms with E-state index in [-0.39, 0.29) is 21.2 Å². The van der Waals surface area contributed by atoms with Gasteiger partial charge in [-0.3, -0.25) is 9.52 Å². The largest absolute Gasteiger partial charge is 0.495 e. The number of amides is 1. The Bertz CT molecular complexity index is 1150. The first kappa shape index (κ1) is 20.7. The Kier molecular flexibility index (Phi) is 6.10. The van der Waals surface area contributed by atoms with Crippen LogP contribution in [0.25, 0.3) is 0 Å². The third-order valence-electron chi connectivity index (χ3n) is 4.13. The summed E-state index contributed by atoms with van der Waals surface area (Å²) in [6.07, 6.45) is 0. The summed E-state index contributed by atoms with van der Waals surface area (Å²) in [4.78, 5) is 12.7. The Hall–Kier alpha value is -3.03. The summed E-state index contributed by atoms with van der Waals surface area (Å²) < 4.78 is 32.6. The van der Waals surface area contributed by atoms with Gasteiger partial charge in [-0.15, -0.1) is 0 Å². The van der Waals surface area contributed by atoms with Crippen molar-refractivity contribution in [2.24, 2.45) is 0 Å². The summed E-state index contributed by atoms with van der Waals surface area (Å²) in [5.41, 5.74) is 1.95. The van der Waals surface area contributed by atoms with Crippen molar-refractivity contribution in [3.05, 3.63) is 82.9 Å². The number of ether oxygens (including phenoxy) is 1. The normalized spacial score (nSPS) is 11.0. The first-order valence-electron chi connectivity index (χ1n) is 8.63. The smallest absolute Gasteiger partial charge is 0.261 e. The number of aryl methyl sites for hydroxylation is 1. The molecule has 0 aliphatic carbocycles. The number of anilines is 2. The molecule has 0 aliphatic rings. The minimum Gasteiger partial charge on any atom is -0.495 e. The number of rotatable bonds is 6. The fourth-order valence-corrected chi connectivity index (χ4v) is 4.04. The summed E-state index contributed by atoms with van der Waals surface area (Å²) in [5.74, 6) is 0.135. The van der Waals surface area contributed by atoms with Crippen molar-refractivity contribution in [2.45, 2.75) is 11.8 Å². The van der Waals surface area contributed by atoms with Crippen molar-refractivity contribution in [1.29, 1.82) is 0 Å². The summed E-state index contributed by atoms with van der Waals surface area (Å²) in [7, 11) is -2.26. The summed E-state index contributed by atoms with van der Waals surface area (Å²) in [6.45, 7) is 1.90. The maximum absolute atomic E-state index is 12.6. The van der Waals surface area contributed by atoms with Gasteiger partial charge in [-0.25, -0.2) is 8.42 Å². The molecule has 0 atom stereocenters. The molecule has 6 nitrogen and oxygen atoms in total. The van der Waals surface area contributed by atoms with E-state index in [9.17, 15) is 13.2 Å². The molecule has 0 saturated carbocycles. The average Bonchev–Trinajstić information content (AvgIpc) is 2.70. The van der Waals surface area contributed by atoms with Gasteiger partial charge in [-0.05, 0) is 55.0 Å². The number of methoxy groups -OCH3 is 1. The Morgan fingerprint density at radius 3 is 2.34 bits per heavy atom. The highest BCUT2D eigenvalue weighted by Gasteiger charge is 2.17. The van der Waals surface area contributed by atoms with E-state index in [1.165, 1.54) is 37.4 Å². The highest BCUT2D eigenvalue weighted by atomic mass is 35.5. The van der Waals surface area contributed by atoms with E-state index in [2.05, 4.69) is 10.0 Å². The minimum absolute atomic E-state index is 0.105. The number of halogens is 1. The SMILES string of the molecule is COc1ccc(C)cc1NC(=O)c1ccc(NS(=O)(=O)c2ccccc2)c(Cl)c1. The third kappa shape index (κ3) is 4.88. The van der Waals surface area contributed by atoms with E-state index >= 15 is 0 Å². The number of nitrogens with one attached hydrogen (secondary N) is 2. The standard InChI is InChI=1S/C21H19ClN2O4S/c1-14-8-11-20(28-2)19(12-14)23-21(25)15-9-10-18(17(22)13-15)24-29(26,27)16-6-4-3-5-7-16/h3-13,24H,1-2H3,(H,23,25). The van der Waals surface area contributed by atoms with Crippen LogP contribution in [0.4, 0.5) is 11.4 Å². The lowest BCUT2D eigenvalue weighted by Crippen LogP contribution is -2.15. The predicted molar refractivity (Wildman–Crippen MR) is 114 cm³/mol. The fraction of sp³-hybridized carbons (Fsp3) is 0.0952. The van der Waals surface area contributed by atoms with Crippen LogP contribution in [0, 0.1) is 6.92 Å². The van der Waals surface area contributed by atoms with Gasteiger partial charge in [-0.2, -0.15) is 0 Å². The molecule has 3 aromatic rings. The van der Waals surface area contributed by atoms with Crippen molar-refractivity contribution >= 4 is 38.9 Å². The maximum atomic E-state index is 12.6. The molecule has 150 valence electrons. The predicted octanol–water partition coefficient (Wildman–Crippen LogP) is 4.71. The molecule has 0 bridgehead atoms. The number of benzene rings is 3. The first-order chi connectivity index (χ1) is 13.8. The molecule has 0 unspecified atom stereocenters. The number of hydrogen-bond acceptors (Lipinski definition) is 4.